The molecular formula is C8H16N2O3. The van der Waals surface area contributed by atoms with E-state index in [1.165, 1.54) is 7.11 Å². The summed E-state index contributed by atoms with van der Waals surface area (Å²) < 4.78 is 4.60. The zero-order chi connectivity index (χ0) is 10.4. The predicted octanol–water partition coefficient (Wildman–Crippen LogP) is -0.741. The second-order valence-electron chi connectivity index (χ2n) is 3.12. The standard InChI is InChI=1S/C8H16N2O3/c1-5(2)7(8(9)12)10-6(11)4-13-3/h5,7H,4H2,1-3H3,(H2,9,12)(H,10,11)/t7-/m1/s1. The Morgan fingerprint density at radius 1 is 1.46 bits per heavy atom. The van der Waals surface area contributed by atoms with Crippen LogP contribution in [0.3, 0.4) is 0 Å². The third kappa shape index (κ3) is 4.47. The zero-order valence-corrected chi connectivity index (χ0v) is 8.16. The van der Waals surface area contributed by atoms with E-state index >= 15 is 0 Å². The van der Waals surface area contributed by atoms with Crippen molar-refractivity contribution in [1.29, 1.82) is 0 Å². The lowest BCUT2D eigenvalue weighted by Gasteiger charge is -2.18. The van der Waals surface area contributed by atoms with Crippen molar-refractivity contribution < 1.29 is 14.3 Å². The van der Waals surface area contributed by atoms with Crippen molar-refractivity contribution in [1.82, 2.24) is 5.32 Å². The van der Waals surface area contributed by atoms with E-state index < -0.39 is 11.9 Å². The molecule has 0 rings (SSSR count). The van der Waals surface area contributed by atoms with Crippen molar-refractivity contribution in [3.05, 3.63) is 0 Å². The summed E-state index contributed by atoms with van der Waals surface area (Å²) in [5.74, 6) is -0.877. The molecule has 2 amide bonds. The van der Waals surface area contributed by atoms with Crippen LogP contribution in [0.25, 0.3) is 0 Å². The van der Waals surface area contributed by atoms with Crippen molar-refractivity contribution in [2.45, 2.75) is 19.9 Å². The molecule has 5 nitrogen and oxygen atoms in total. The van der Waals surface area contributed by atoms with Crippen molar-refractivity contribution in [2.75, 3.05) is 13.7 Å². The van der Waals surface area contributed by atoms with E-state index in [0.717, 1.165) is 0 Å². The second kappa shape index (κ2) is 5.53. The third-order valence-electron chi connectivity index (χ3n) is 1.57. The number of hydrogen-bond acceptors (Lipinski definition) is 3. The zero-order valence-electron chi connectivity index (χ0n) is 8.16. The molecule has 0 fully saturated rings. The number of carbonyl (C=O) groups is 2. The normalized spacial score (nSPS) is 12.6. The van der Waals surface area contributed by atoms with Gasteiger partial charge in [0.05, 0.1) is 0 Å². The van der Waals surface area contributed by atoms with Gasteiger partial charge in [0.15, 0.2) is 0 Å². The molecule has 0 saturated heterocycles. The molecule has 0 saturated carbocycles. The summed E-state index contributed by atoms with van der Waals surface area (Å²) in [6.07, 6.45) is 0. The highest BCUT2D eigenvalue weighted by Gasteiger charge is 2.20. The molecular weight excluding hydrogens is 172 g/mol. The smallest absolute Gasteiger partial charge is 0.246 e. The molecule has 0 aliphatic carbocycles. The lowest BCUT2D eigenvalue weighted by atomic mass is 10.0. The van der Waals surface area contributed by atoms with E-state index in [4.69, 9.17) is 5.73 Å². The van der Waals surface area contributed by atoms with Crippen LogP contribution in [0.4, 0.5) is 0 Å². The van der Waals surface area contributed by atoms with Crippen LogP contribution in [0.15, 0.2) is 0 Å². The Hall–Kier alpha value is -1.10. The van der Waals surface area contributed by atoms with Gasteiger partial charge in [-0.15, -0.1) is 0 Å². The van der Waals surface area contributed by atoms with Gasteiger partial charge in [-0.05, 0) is 5.92 Å². The minimum absolute atomic E-state index is 0.0155. The van der Waals surface area contributed by atoms with Gasteiger partial charge in [0.25, 0.3) is 0 Å². The van der Waals surface area contributed by atoms with E-state index in [-0.39, 0.29) is 18.4 Å². The van der Waals surface area contributed by atoms with E-state index in [2.05, 4.69) is 10.1 Å². The number of nitrogens with one attached hydrogen (secondary N) is 1. The van der Waals surface area contributed by atoms with Gasteiger partial charge < -0.3 is 15.8 Å². The summed E-state index contributed by atoms with van der Waals surface area (Å²) >= 11 is 0. The quantitative estimate of drug-likeness (QED) is 0.596. The number of methoxy groups -OCH3 is 1. The van der Waals surface area contributed by atoms with Crippen LogP contribution in [0.2, 0.25) is 0 Å². The molecule has 0 aromatic carbocycles. The summed E-state index contributed by atoms with van der Waals surface area (Å²) in [6, 6.07) is -0.623. The summed E-state index contributed by atoms with van der Waals surface area (Å²) in [7, 11) is 1.41. The molecule has 76 valence electrons. The maximum atomic E-state index is 11.0. The molecule has 0 aromatic heterocycles. The Kier molecular flexibility index (Phi) is 5.06. The molecule has 0 spiro atoms. The molecule has 5 heteroatoms. The number of nitrogens with two attached hydrogens (primary N) is 1. The molecule has 1 atom stereocenters. The van der Waals surface area contributed by atoms with Crippen LogP contribution >= 0.6 is 0 Å². The van der Waals surface area contributed by atoms with Gasteiger partial charge in [-0.1, -0.05) is 13.8 Å². The largest absolute Gasteiger partial charge is 0.375 e. The molecule has 0 bridgehead atoms. The number of rotatable bonds is 5. The van der Waals surface area contributed by atoms with E-state index in [1.807, 2.05) is 13.8 Å². The van der Waals surface area contributed by atoms with Crippen molar-refractivity contribution in [2.24, 2.45) is 11.7 Å². The fraction of sp³-hybridized carbons (Fsp3) is 0.750. The minimum Gasteiger partial charge on any atom is -0.375 e. The van der Waals surface area contributed by atoms with Gasteiger partial charge in [0, 0.05) is 7.11 Å². The van der Waals surface area contributed by atoms with E-state index in [9.17, 15) is 9.59 Å². The number of hydrogen-bond donors (Lipinski definition) is 2. The number of ether oxygens (including phenoxy) is 1. The average Bonchev–Trinajstić information content (AvgIpc) is 1.99. The van der Waals surface area contributed by atoms with Crippen molar-refractivity contribution >= 4 is 11.8 Å². The van der Waals surface area contributed by atoms with Crippen LogP contribution in [0.1, 0.15) is 13.8 Å². The van der Waals surface area contributed by atoms with Crippen molar-refractivity contribution in [3.8, 4) is 0 Å². The number of carbonyl (C=O) groups excluding carboxylic acids is 2. The average molecular weight is 188 g/mol. The Labute approximate surface area is 77.6 Å². The Morgan fingerprint density at radius 3 is 2.31 bits per heavy atom. The summed E-state index contributed by atoms with van der Waals surface area (Å²) in [5.41, 5.74) is 5.09. The summed E-state index contributed by atoms with van der Waals surface area (Å²) in [5, 5.41) is 2.48. The molecule has 0 radical (unpaired) electrons. The topological polar surface area (TPSA) is 81.4 Å². The molecule has 0 aliphatic rings. The number of primary amides is 1. The molecule has 0 heterocycles. The Bertz CT molecular complexity index is 192. The second-order valence-corrected chi connectivity index (χ2v) is 3.12. The third-order valence-corrected chi connectivity index (χ3v) is 1.57. The highest BCUT2D eigenvalue weighted by atomic mass is 16.5. The van der Waals surface area contributed by atoms with Crippen LogP contribution in [0, 0.1) is 5.92 Å². The first-order valence-corrected chi connectivity index (χ1v) is 4.06. The summed E-state index contributed by atoms with van der Waals surface area (Å²) in [6.45, 7) is 3.56. The molecule has 3 N–H and O–H groups in total. The Morgan fingerprint density at radius 2 is 2.00 bits per heavy atom. The lowest BCUT2D eigenvalue weighted by molar-refractivity contribution is -0.130. The molecule has 0 aliphatic heterocycles. The first kappa shape index (κ1) is 11.9. The van der Waals surface area contributed by atoms with E-state index in [0.29, 0.717) is 0 Å². The summed E-state index contributed by atoms with van der Waals surface area (Å²) in [4.78, 5) is 21.9. The Balaban J connectivity index is 4.10. The fourth-order valence-electron chi connectivity index (χ4n) is 0.913. The molecule has 13 heavy (non-hydrogen) atoms. The van der Waals surface area contributed by atoms with Gasteiger partial charge in [-0.25, -0.2) is 0 Å². The first-order chi connectivity index (χ1) is 5.99. The first-order valence-electron chi connectivity index (χ1n) is 4.06. The van der Waals surface area contributed by atoms with E-state index in [1.54, 1.807) is 0 Å². The van der Waals surface area contributed by atoms with Gasteiger partial charge in [0.1, 0.15) is 12.6 Å². The van der Waals surface area contributed by atoms with Crippen LogP contribution < -0.4 is 11.1 Å². The van der Waals surface area contributed by atoms with Crippen molar-refractivity contribution in [3.63, 3.8) is 0 Å². The van der Waals surface area contributed by atoms with Gasteiger partial charge in [-0.3, -0.25) is 9.59 Å². The highest BCUT2D eigenvalue weighted by molar-refractivity contribution is 5.87. The lowest BCUT2D eigenvalue weighted by Crippen LogP contribution is -2.48. The maximum Gasteiger partial charge on any atom is 0.246 e. The van der Waals surface area contributed by atoms with Gasteiger partial charge >= 0.3 is 0 Å². The molecule has 0 unspecified atom stereocenters. The monoisotopic (exact) mass is 188 g/mol. The SMILES string of the molecule is COCC(=O)N[C@@H](C(N)=O)C(C)C. The molecule has 0 aromatic rings. The van der Waals surface area contributed by atoms with Crippen LogP contribution in [-0.4, -0.2) is 31.6 Å². The fourth-order valence-corrected chi connectivity index (χ4v) is 0.913. The van der Waals surface area contributed by atoms with Crippen LogP contribution in [-0.2, 0) is 14.3 Å². The number of amides is 2. The van der Waals surface area contributed by atoms with Crippen LogP contribution in [0.5, 0.6) is 0 Å². The maximum absolute atomic E-state index is 11.0. The van der Waals surface area contributed by atoms with Gasteiger partial charge in [0.2, 0.25) is 11.8 Å². The predicted molar refractivity (Wildman–Crippen MR) is 47.8 cm³/mol. The van der Waals surface area contributed by atoms with Gasteiger partial charge in [-0.2, -0.15) is 0 Å². The minimum atomic E-state index is -0.623. The highest BCUT2D eigenvalue weighted by Crippen LogP contribution is 2.00.